The zero-order valence-corrected chi connectivity index (χ0v) is 17.1. The van der Waals surface area contributed by atoms with E-state index < -0.39 is 17.1 Å². The molecule has 6 nitrogen and oxygen atoms in total. The summed E-state index contributed by atoms with van der Waals surface area (Å²) < 4.78 is 0. The fourth-order valence-electron chi connectivity index (χ4n) is 3.90. The summed E-state index contributed by atoms with van der Waals surface area (Å²) in [7, 11) is 0. The molecule has 5 rings (SSSR count). The molecule has 0 aliphatic carbocycles. The number of phenolic OH excluding ortho intramolecular Hbond substituents is 1. The van der Waals surface area contributed by atoms with Crippen molar-refractivity contribution in [1.29, 1.82) is 0 Å². The number of rotatable bonds is 2. The number of thioether (sulfide) groups is 1. The van der Waals surface area contributed by atoms with Crippen LogP contribution in [0.5, 0.6) is 5.75 Å². The third-order valence-electron chi connectivity index (χ3n) is 5.16. The molecule has 0 radical (unpaired) electrons. The van der Waals surface area contributed by atoms with Gasteiger partial charge in [-0.15, -0.1) is 0 Å². The number of halogens is 1. The Morgan fingerprint density at radius 3 is 2.34 bits per heavy atom. The molecule has 2 aromatic carbocycles. The Kier molecular flexibility index (Phi) is 4.31. The molecule has 2 aliphatic heterocycles. The van der Waals surface area contributed by atoms with Gasteiger partial charge in [0.25, 0.3) is 0 Å². The van der Waals surface area contributed by atoms with Crippen LogP contribution in [0.25, 0.3) is 0 Å². The maximum atomic E-state index is 13.4. The van der Waals surface area contributed by atoms with Crippen LogP contribution < -0.4 is 9.77 Å². The number of nitrogens with one attached hydrogen (secondary N) is 1. The molecule has 3 heterocycles. The predicted molar refractivity (Wildman–Crippen MR) is 112 cm³/mol. The number of H-pyrrole nitrogens is 1. The van der Waals surface area contributed by atoms with Crippen LogP contribution in [-0.2, 0) is 9.59 Å². The fourth-order valence-corrected chi connectivity index (χ4v) is 6.54. The van der Waals surface area contributed by atoms with E-state index in [1.165, 1.54) is 16.7 Å². The molecule has 29 heavy (non-hydrogen) atoms. The number of imide groups is 1. The van der Waals surface area contributed by atoms with Crippen LogP contribution in [0, 0.1) is 5.92 Å². The summed E-state index contributed by atoms with van der Waals surface area (Å²) in [5, 5.41) is 10.1. The first-order valence-electron chi connectivity index (χ1n) is 8.76. The molecule has 0 spiro atoms. The number of amides is 2. The van der Waals surface area contributed by atoms with Crippen molar-refractivity contribution in [3.05, 3.63) is 73.7 Å². The van der Waals surface area contributed by atoms with Crippen LogP contribution in [0.1, 0.15) is 16.4 Å². The molecule has 1 aromatic heterocycles. The lowest BCUT2D eigenvalue weighted by Crippen LogP contribution is -2.32. The summed E-state index contributed by atoms with van der Waals surface area (Å²) in [5.74, 6) is -1.61. The minimum Gasteiger partial charge on any atom is -0.508 e. The van der Waals surface area contributed by atoms with E-state index in [0.29, 0.717) is 15.7 Å². The zero-order valence-electron chi connectivity index (χ0n) is 14.7. The molecule has 0 saturated carbocycles. The van der Waals surface area contributed by atoms with Crippen LogP contribution in [0.4, 0.5) is 5.69 Å². The van der Waals surface area contributed by atoms with Crippen molar-refractivity contribution in [3.63, 3.8) is 0 Å². The Balaban J connectivity index is 1.64. The Bertz CT molecular complexity index is 1190. The lowest BCUT2D eigenvalue weighted by atomic mass is 9.83. The van der Waals surface area contributed by atoms with Gasteiger partial charge in [-0.3, -0.25) is 14.4 Å². The second-order valence-electron chi connectivity index (χ2n) is 6.83. The molecule has 2 amide bonds. The number of anilines is 1. The summed E-state index contributed by atoms with van der Waals surface area (Å²) >= 11 is 8.23. The van der Waals surface area contributed by atoms with Crippen LogP contribution in [0.15, 0.2) is 58.4 Å². The highest BCUT2D eigenvalue weighted by molar-refractivity contribution is 8.00. The number of nitrogens with zero attached hydrogens (tertiary/aromatic N) is 1. The topological polar surface area (TPSA) is 90.5 Å². The van der Waals surface area contributed by atoms with Gasteiger partial charge < -0.3 is 10.1 Å². The highest BCUT2D eigenvalue weighted by Crippen LogP contribution is 2.53. The second-order valence-corrected chi connectivity index (χ2v) is 9.43. The normalized spacial score (nSPS) is 23.2. The van der Waals surface area contributed by atoms with Gasteiger partial charge in [0.2, 0.25) is 11.8 Å². The highest BCUT2D eigenvalue weighted by atomic mass is 35.5. The maximum Gasteiger partial charge on any atom is 0.305 e. The van der Waals surface area contributed by atoms with Crippen molar-refractivity contribution in [2.24, 2.45) is 5.92 Å². The van der Waals surface area contributed by atoms with Crippen molar-refractivity contribution >= 4 is 52.2 Å². The van der Waals surface area contributed by atoms with Gasteiger partial charge in [-0.2, -0.15) is 0 Å². The van der Waals surface area contributed by atoms with Crippen molar-refractivity contribution in [1.82, 2.24) is 4.98 Å². The Labute approximate surface area is 178 Å². The first-order chi connectivity index (χ1) is 13.9. The minimum absolute atomic E-state index is 0.106. The third kappa shape index (κ3) is 2.90. The van der Waals surface area contributed by atoms with E-state index in [1.54, 1.807) is 48.5 Å². The number of aromatic hydroxyl groups is 1. The van der Waals surface area contributed by atoms with Gasteiger partial charge in [-0.05, 0) is 42.0 Å². The van der Waals surface area contributed by atoms with Crippen molar-refractivity contribution in [2.75, 3.05) is 4.90 Å². The maximum absolute atomic E-state index is 13.4. The number of carbonyl (C=O) groups excluding carboxylic acids is 2. The summed E-state index contributed by atoms with van der Waals surface area (Å²) in [6.45, 7) is 0. The van der Waals surface area contributed by atoms with Gasteiger partial charge in [0.05, 0.1) is 16.6 Å². The number of thiazole rings is 1. The van der Waals surface area contributed by atoms with E-state index >= 15 is 0 Å². The first kappa shape index (κ1) is 18.5. The Morgan fingerprint density at radius 2 is 1.66 bits per heavy atom. The fraction of sp³-hybridized carbons (Fsp3) is 0.150. The van der Waals surface area contributed by atoms with Gasteiger partial charge in [-0.25, -0.2) is 4.90 Å². The standard InChI is InChI=1S/C20H13ClN2O4S2/c21-10-3-5-11(6-4-10)23-18(25)14-13(9-1-7-12(24)8-2-9)15-17(22-20(27)29-15)28-16(14)19(23)26/h1-8,13-14,16,24H,(H,22,27)/t13-,14-,16-/m1/s1. The number of phenols is 1. The lowest BCUT2D eigenvalue weighted by Gasteiger charge is -2.29. The van der Waals surface area contributed by atoms with Crippen LogP contribution in [-0.4, -0.2) is 27.2 Å². The SMILES string of the molecule is O=C1[C@@H]2[C@@H](c3ccc(O)cc3)c3sc(=O)[nH]c3S[C@H]2C(=O)N1c1ccc(Cl)cc1. The van der Waals surface area contributed by atoms with Crippen molar-refractivity contribution in [2.45, 2.75) is 16.2 Å². The lowest BCUT2D eigenvalue weighted by molar-refractivity contribution is -0.122. The molecule has 146 valence electrons. The number of benzene rings is 2. The third-order valence-corrected chi connectivity index (χ3v) is 7.81. The number of carbonyl (C=O) groups is 2. The Morgan fingerprint density at radius 1 is 0.966 bits per heavy atom. The number of hydrogen-bond donors (Lipinski definition) is 2. The number of fused-ring (bicyclic) bond motifs is 2. The molecule has 2 aliphatic rings. The van der Waals surface area contributed by atoms with Crippen molar-refractivity contribution in [3.8, 4) is 5.75 Å². The van der Waals surface area contributed by atoms with Gasteiger partial charge in [0.1, 0.15) is 11.0 Å². The molecular weight excluding hydrogens is 432 g/mol. The van der Waals surface area contributed by atoms with Gasteiger partial charge in [0, 0.05) is 15.8 Å². The molecule has 0 unspecified atom stereocenters. The number of aromatic amines is 1. The van der Waals surface area contributed by atoms with E-state index in [2.05, 4.69) is 4.98 Å². The molecule has 9 heteroatoms. The van der Waals surface area contributed by atoms with E-state index in [-0.39, 0.29) is 22.4 Å². The van der Waals surface area contributed by atoms with Crippen molar-refractivity contribution < 1.29 is 14.7 Å². The number of hydrogen-bond acceptors (Lipinski definition) is 6. The average Bonchev–Trinajstić information content (AvgIpc) is 3.19. The van der Waals surface area contributed by atoms with E-state index in [4.69, 9.17) is 11.6 Å². The smallest absolute Gasteiger partial charge is 0.305 e. The summed E-state index contributed by atoms with van der Waals surface area (Å²) in [4.78, 5) is 43.2. The molecule has 2 N–H and O–H groups in total. The predicted octanol–water partition coefficient (Wildman–Crippen LogP) is 3.59. The van der Waals surface area contributed by atoms with E-state index in [1.807, 2.05) is 0 Å². The molecule has 0 bridgehead atoms. The monoisotopic (exact) mass is 444 g/mol. The molecule has 3 aromatic rings. The van der Waals surface area contributed by atoms with Gasteiger partial charge in [0.15, 0.2) is 0 Å². The summed E-state index contributed by atoms with van der Waals surface area (Å²) in [5.41, 5.74) is 1.24. The number of aromatic nitrogens is 1. The van der Waals surface area contributed by atoms with Crippen LogP contribution in [0.2, 0.25) is 5.02 Å². The van der Waals surface area contributed by atoms with Crippen LogP contribution >= 0.6 is 34.7 Å². The van der Waals surface area contributed by atoms with E-state index in [9.17, 15) is 19.5 Å². The first-order valence-corrected chi connectivity index (χ1v) is 10.8. The molecule has 1 saturated heterocycles. The Hall–Kier alpha value is -2.55. The quantitative estimate of drug-likeness (QED) is 0.589. The highest BCUT2D eigenvalue weighted by Gasteiger charge is 2.56. The summed E-state index contributed by atoms with van der Waals surface area (Å²) in [6.07, 6.45) is 0. The molecular formula is C20H13ClN2O4S2. The second kappa shape index (κ2) is 6.76. The molecule has 3 atom stereocenters. The largest absolute Gasteiger partial charge is 0.508 e. The average molecular weight is 445 g/mol. The van der Waals surface area contributed by atoms with Gasteiger partial charge >= 0.3 is 4.87 Å². The van der Waals surface area contributed by atoms with E-state index in [0.717, 1.165) is 21.8 Å². The molecule has 1 fully saturated rings. The minimum atomic E-state index is -0.647. The van der Waals surface area contributed by atoms with Crippen LogP contribution in [0.3, 0.4) is 0 Å². The summed E-state index contributed by atoms with van der Waals surface area (Å²) in [6, 6.07) is 13.1. The zero-order chi connectivity index (χ0) is 20.3. The van der Waals surface area contributed by atoms with Gasteiger partial charge in [-0.1, -0.05) is 46.8 Å².